The van der Waals surface area contributed by atoms with E-state index in [9.17, 15) is 4.79 Å². The van der Waals surface area contributed by atoms with Crippen LogP contribution in [-0.2, 0) is 6.54 Å². The predicted octanol–water partition coefficient (Wildman–Crippen LogP) is 1.89. The molecule has 5 nitrogen and oxygen atoms in total. The fourth-order valence-electron chi connectivity index (χ4n) is 1.83. The van der Waals surface area contributed by atoms with Crippen LogP contribution < -0.4 is 5.56 Å². The topological polar surface area (TPSA) is 60.7 Å². The van der Waals surface area contributed by atoms with Gasteiger partial charge in [-0.1, -0.05) is 35.0 Å². The summed E-state index contributed by atoms with van der Waals surface area (Å²) in [5.74, 6) is 0. The number of rotatable bonds is 2. The molecule has 2 aromatic heterocycles. The Hall–Kier alpha value is -2.27. The molecule has 0 saturated carbocycles. The standard InChI is InChI=1S/C13H9ClN4O/c14-12-9(4-3-7-15-12)8-18-13(19)10-5-1-2-6-11(10)16-17-18/h1-7H,8H2. The first kappa shape index (κ1) is 11.8. The van der Waals surface area contributed by atoms with Crippen molar-refractivity contribution in [2.45, 2.75) is 6.54 Å². The molecular formula is C13H9ClN4O. The molecule has 0 saturated heterocycles. The lowest BCUT2D eigenvalue weighted by Crippen LogP contribution is -2.24. The molecule has 0 aliphatic heterocycles. The number of hydrogen-bond acceptors (Lipinski definition) is 4. The highest BCUT2D eigenvalue weighted by Crippen LogP contribution is 2.12. The molecule has 0 fully saturated rings. The number of pyridine rings is 1. The Labute approximate surface area is 113 Å². The molecule has 3 aromatic rings. The minimum atomic E-state index is -0.189. The van der Waals surface area contributed by atoms with Crippen LogP contribution in [-0.4, -0.2) is 20.0 Å². The minimum absolute atomic E-state index is 0.189. The normalized spacial score (nSPS) is 10.8. The molecule has 2 heterocycles. The Balaban J connectivity index is 2.10. The smallest absolute Gasteiger partial charge is 0.267 e. The van der Waals surface area contributed by atoms with Gasteiger partial charge in [-0.3, -0.25) is 4.79 Å². The van der Waals surface area contributed by atoms with Gasteiger partial charge >= 0.3 is 0 Å². The van der Waals surface area contributed by atoms with Gasteiger partial charge in [-0.2, -0.15) is 0 Å². The molecule has 19 heavy (non-hydrogen) atoms. The van der Waals surface area contributed by atoms with E-state index < -0.39 is 0 Å². The summed E-state index contributed by atoms with van der Waals surface area (Å²) in [6.45, 7) is 0.253. The van der Waals surface area contributed by atoms with Crippen LogP contribution in [0.15, 0.2) is 47.4 Å². The molecule has 0 N–H and O–H groups in total. The van der Waals surface area contributed by atoms with Crippen molar-refractivity contribution in [2.24, 2.45) is 0 Å². The Bertz CT molecular complexity index is 800. The summed E-state index contributed by atoms with van der Waals surface area (Å²) in [6, 6.07) is 10.7. The van der Waals surface area contributed by atoms with Gasteiger partial charge in [0.25, 0.3) is 5.56 Å². The molecular weight excluding hydrogens is 264 g/mol. The molecule has 94 valence electrons. The summed E-state index contributed by atoms with van der Waals surface area (Å²) in [7, 11) is 0. The Morgan fingerprint density at radius 1 is 1.16 bits per heavy atom. The molecule has 0 aliphatic rings. The van der Waals surface area contributed by atoms with Gasteiger partial charge in [0.05, 0.1) is 11.9 Å². The second kappa shape index (κ2) is 4.78. The van der Waals surface area contributed by atoms with Gasteiger partial charge < -0.3 is 0 Å². The van der Waals surface area contributed by atoms with Crippen LogP contribution in [0.3, 0.4) is 0 Å². The first-order valence-corrected chi connectivity index (χ1v) is 6.05. The second-order valence-electron chi connectivity index (χ2n) is 4.02. The van der Waals surface area contributed by atoms with Crippen molar-refractivity contribution in [2.75, 3.05) is 0 Å². The monoisotopic (exact) mass is 272 g/mol. The van der Waals surface area contributed by atoms with Gasteiger partial charge in [-0.15, -0.1) is 5.10 Å². The van der Waals surface area contributed by atoms with E-state index in [0.717, 1.165) is 5.56 Å². The summed E-state index contributed by atoms with van der Waals surface area (Å²) in [6.07, 6.45) is 1.60. The highest BCUT2D eigenvalue weighted by atomic mass is 35.5. The second-order valence-corrected chi connectivity index (χ2v) is 4.38. The Kier molecular flexibility index (Phi) is 2.97. The first-order valence-electron chi connectivity index (χ1n) is 5.67. The minimum Gasteiger partial charge on any atom is -0.267 e. The number of hydrogen-bond donors (Lipinski definition) is 0. The van der Waals surface area contributed by atoms with E-state index in [2.05, 4.69) is 15.3 Å². The van der Waals surface area contributed by atoms with Gasteiger partial charge in [0, 0.05) is 11.8 Å². The lowest BCUT2D eigenvalue weighted by Gasteiger charge is -2.05. The molecule has 6 heteroatoms. The zero-order chi connectivity index (χ0) is 13.2. The van der Waals surface area contributed by atoms with E-state index in [1.165, 1.54) is 4.68 Å². The maximum Gasteiger partial charge on any atom is 0.277 e. The van der Waals surface area contributed by atoms with Crippen molar-refractivity contribution in [3.05, 3.63) is 63.7 Å². The van der Waals surface area contributed by atoms with Gasteiger partial charge in [0.15, 0.2) is 0 Å². The van der Waals surface area contributed by atoms with Crippen LogP contribution in [0, 0.1) is 0 Å². The summed E-state index contributed by atoms with van der Waals surface area (Å²) in [4.78, 5) is 16.2. The molecule has 0 radical (unpaired) electrons. The molecule has 3 rings (SSSR count). The Morgan fingerprint density at radius 2 is 2.00 bits per heavy atom. The fraction of sp³-hybridized carbons (Fsp3) is 0.0769. The quantitative estimate of drug-likeness (QED) is 0.669. The predicted molar refractivity (Wildman–Crippen MR) is 72.1 cm³/mol. The Morgan fingerprint density at radius 3 is 2.84 bits per heavy atom. The van der Waals surface area contributed by atoms with Crippen LogP contribution in [0.25, 0.3) is 10.9 Å². The van der Waals surface area contributed by atoms with Crippen LogP contribution in [0.1, 0.15) is 5.56 Å². The average molecular weight is 273 g/mol. The van der Waals surface area contributed by atoms with Crippen molar-refractivity contribution in [3.63, 3.8) is 0 Å². The fourth-order valence-corrected chi connectivity index (χ4v) is 2.00. The first-order chi connectivity index (χ1) is 9.25. The zero-order valence-corrected chi connectivity index (χ0v) is 10.6. The number of benzene rings is 1. The highest BCUT2D eigenvalue weighted by Gasteiger charge is 2.07. The van der Waals surface area contributed by atoms with E-state index in [4.69, 9.17) is 11.6 Å². The third kappa shape index (κ3) is 2.20. The van der Waals surface area contributed by atoms with Gasteiger partial charge in [-0.05, 0) is 18.2 Å². The van der Waals surface area contributed by atoms with Crippen LogP contribution >= 0.6 is 11.6 Å². The van der Waals surface area contributed by atoms with Gasteiger partial charge in [0.2, 0.25) is 0 Å². The van der Waals surface area contributed by atoms with Crippen molar-refractivity contribution in [1.82, 2.24) is 20.0 Å². The number of halogens is 1. The maximum absolute atomic E-state index is 12.2. The van der Waals surface area contributed by atoms with Crippen LogP contribution in [0.5, 0.6) is 0 Å². The summed E-state index contributed by atoms with van der Waals surface area (Å²) >= 11 is 5.97. The lowest BCUT2D eigenvalue weighted by atomic mass is 10.2. The summed E-state index contributed by atoms with van der Waals surface area (Å²) < 4.78 is 1.28. The van der Waals surface area contributed by atoms with Crippen molar-refractivity contribution in [3.8, 4) is 0 Å². The highest BCUT2D eigenvalue weighted by molar-refractivity contribution is 6.30. The van der Waals surface area contributed by atoms with Gasteiger partial charge in [0.1, 0.15) is 10.7 Å². The molecule has 0 atom stereocenters. The van der Waals surface area contributed by atoms with E-state index in [1.54, 1.807) is 36.5 Å². The molecule has 0 amide bonds. The van der Waals surface area contributed by atoms with E-state index in [-0.39, 0.29) is 12.1 Å². The SMILES string of the molecule is O=c1c2ccccc2nnn1Cc1cccnc1Cl. The lowest BCUT2D eigenvalue weighted by molar-refractivity contribution is 0.600. The van der Waals surface area contributed by atoms with E-state index >= 15 is 0 Å². The molecule has 0 aliphatic carbocycles. The van der Waals surface area contributed by atoms with Crippen molar-refractivity contribution in [1.29, 1.82) is 0 Å². The van der Waals surface area contributed by atoms with Gasteiger partial charge in [-0.25, -0.2) is 9.67 Å². The molecule has 0 bridgehead atoms. The van der Waals surface area contributed by atoms with Crippen LogP contribution in [0.4, 0.5) is 0 Å². The molecule has 0 unspecified atom stereocenters. The van der Waals surface area contributed by atoms with E-state index in [0.29, 0.717) is 16.1 Å². The summed E-state index contributed by atoms with van der Waals surface area (Å²) in [5.41, 5.74) is 1.13. The largest absolute Gasteiger partial charge is 0.277 e. The summed E-state index contributed by atoms with van der Waals surface area (Å²) in [5, 5.41) is 8.83. The molecule has 1 aromatic carbocycles. The third-order valence-corrected chi connectivity index (χ3v) is 3.13. The number of fused-ring (bicyclic) bond motifs is 1. The third-order valence-electron chi connectivity index (χ3n) is 2.79. The van der Waals surface area contributed by atoms with E-state index in [1.807, 2.05) is 6.07 Å². The van der Waals surface area contributed by atoms with Crippen LogP contribution in [0.2, 0.25) is 5.15 Å². The average Bonchev–Trinajstić information content (AvgIpc) is 2.44. The molecule has 0 spiro atoms. The maximum atomic E-state index is 12.2. The van der Waals surface area contributed by atoms with Crippen molar-refractivity contribution < 1.29 is 0 Å². The van der Waals surface area contributed by atoms with Crippen molar-refractivity contribution >= 4 is 22.5 Å². The zero-order valence-electron chi connectivity index (χ0n) is 9.82. The number of aromatic nitrogens is 4. The number of nitrogens with zero attached hydrogens (tertiary/aromatic N) is 4.